The minimum atomic E-state index is -4.50. The van der Waals surface area contributed by atoms with Crippen LogP contribution in [0.1, 0.15) is 22.1 Å². The predicted molar refractivity (Wildman–Crippen MR) is 72.5 cm³/mol. The number of aliphatic hydroxyl groups excluding tert-OH is 1. The molecule has 0 aliphatic heterocycles. The van der Waals surface area contributed by atoms with E-state index >= 15 is 0 Å². The second-order valence-corrected chi connectivity index (χ2v) is 6.57. The topological polar surface area (TPSA) is 20.2 Å². The minimum Gasteiger partial charge on any atom is -0.383 e. The van der Waals surface area contributed by atoms with E-state index in [4.69, 9.17) is 11.6 Å². The quantitative estimate of drug-likeness (QED) is 0.763. The van der Waals surface area contributed by atoms with E-state index in [1.54, 1.807) is 0 Å². The van der Waals surface area contributed by atoms with Crippen molar-refractivity contribution >= 4 is 38.9 Å². The Labute approximate surface area is 124 Å². The van der Waals surface area contributed by atoms with E-state index in [0.717, 1.165) is 17.4 Å². The first-order valence-corrected chi connectivity index (χ1v) is 7.08. The molecule has 102 valence electrons. The largest absolute Gasteiger partial charge is 0.416 e. The van der Waals surface area contributed by atoms with Crippen molar-refractivity contribution in [3.05, 3.63) is 55.1 Å². The van der Waals surface area contributed by atoms with Gasteiger partial charge in [-0.1, -0.05) is 29.8 Å². The van der Waals surface area contributed by atoms with E-state index in [1.807, 2.05) is 0 Å². The van der Waals surface area contributed by atoms with Gasteiger partial charge in [-0.3, -0.25) is 0 Å². The molecule has 0 amide bonds. The molecule has 1 aromatic heterocycles. The highest BCUT2D eigenvalue weighted by atomic mass is 79.9. The molecule has 2 aromatic rings. The summed E-state index contributed by atoms with van der Waals surface area (Å²) in [5, 5.41) is 10.5. The summed E-state index contributed by atoms with van der Waals surface area (Å²) in [5.74, 6) is 0. The number of hydrogen-bond acceptors (Lipinski definition) is 2. The van der Waals surface area contributed by atoms with Crippen LogP contribution in [0.2, 0.25) is 5.02 Å². The van der Waals surface area contributed by atoms with Gasteiger partial charge in [0, 0.05) is 4.88 Å². The Morgan fingerprint density at radius 2 is 1.89 bits per heavy atom. The van der Waals surface area contributed by atoms with Crippen LogP contribution in [0.4, 0.5) is 13.2 Å². The fraction of sp³-hybridized carbons (Fsp3) is 0.167. The van der Waals surface area contributed by atoms with Crippen molar-refractivity contribution in [3.63, 3.8) is 0 Å². The van der Waals surface area contributed by atoms with E-state index < -0.39 is 17.8 Å². The SMILES string of the molecule is OC(c1cc(Cl)c(Br)s1)c1ccccc1C(F)(F)F. The Kier molecular flexibility index (Phi) is 4.25. The Balaban J connectivity index is 2.47. The molecular formula is C12H7BrClF3OS. The molecule has 1 atom stereocenters. The Morgan fingerprint density at radius 3 is 2.42 bits per heavy atom. The molecular weight excluding hydrogens is 365 g/mol. The highest BCUT2D eigenvalue weighted by Gasteiger charge is 2.35. The third-order valence-corrected chi connectivity index (χ3v) is 5.02. The second-order valence-electron chi connectivity index (χ2n) is 3.76. The molecule has 1 nitrogen and oxygen atoms in total. The Bertz CT molecular complexity index is 577. The van der Waals surface area contributed by atoms with Crippen LogP contribution in [0, 0.1) is 0 Å². The van der Waals surface area contributed by atoms with Crippen molar-refractivity contribution in [3.8, 4) is 0 Å². The van der Waals surface area contributed by atoms with Gasteiger partial charge in [0.1, 0.15) is 6.10 Å². The van der Waals surface area contributed by atoms with Gasteiger partial charge in [-0.25, -0.2) is 0 Å². The predicted octanol–water partition coefficient (Wildman–Crippen LogP) is 5.26. The van der Waals surface area contributed by atoms with Crippen LogP contribution < -0.4 is 0 Å². The molecule has 19 heavy (non-hydrogen) atoms. The molecule has 2 rings (SSSR count). The molecule has 0 saturated heterocycles. The molecule has 0 radical (unpaired) electrons. The standard InChI is InChI=1S/C12H7BrClF3OS/c13-11-8(14)5-9(19-11)10(18)6-3-1-2-4-7(6)12(15,16)17/h1-5,10,18H. The summed E-state index contributed by atoms with van der Waals surface area (Å²) in [6, 6.07) is 6.40. The second kappa shape index (κ2) is 5.44. The first kappa shape index (κ1) is 14.8. The smallest absolute Gasteiger partial charge is 0.383 e. The summed E-state index contributed by atoms with van der Waals surface area (Å²) in [6.07, 6.45) is -5.86. The number of halogens is 5. The van der Waals surface area contributed by atoms with Gasteiger partial charge in [0.05, 0.1) is 14.4 Å². The fourth-order valence-corrected chi connectivity index (χ4v) is 3.40. The monoisotopic (exact) mass is 370 g/mol. The van der Waals surface area contributed by atoms with Crippen molar-refractivity contribution in [2.75, 3.05) is 0 Å². The average Bonchev–Trinajstić information content (AvgIpc) is 2.68. The summed E-state index contributed by atoms with van der Waals surface area (Å²) in [4.78, 5) is 0.355. The Morgan fingerprint density at radius 1 is 1.26 bits per heavy atom. The number of hydrogen-bond donors (Lipinski definition) is 1. The van der Waals surface area contributed by atoms with Gasteiger partial charge < -0.3 is 5.11 Å². The number of aliphatic hydroxyl groups is 1. The van der Waals surface area contributed by atoms with Crippen molar-refractivity contribution in [1.82, 2.24) is 0 Å². The molecule has 0 spiro atoms. The van der Waals surface area contributed by atoms with E-state index in [0.29, 0.717) is 13.7 Å². The number of benzene rings is 1. The summed E-state index contributed by atoms with van der Waals surface area (Å²) < 4.78 is 39.2. The van der Waals surface area contributed by atoms with Crippen LogP contribution in [0.3, 0.4) is 0 Å². The molecule has 0 aliphatic rings. The molecule has 0 fully saturated rings. The third kappa shape index (κ3) is 3.13. The highest BCUT2D eigenvalue weighted by Crippen LogP contribution is 2.41. The van der Waals surface area contributed by atoms with Gasteiger partial charge in [0.15, 0.2) is 0 Å². The fourth-order valence-electron chi connectivity index (χ4n) is 1.64. The normalized spacial score (nSPS) is 13.6. The molecule has 0 saturated carbocycles. The molecule has 7 heteroatoms. The van der Waals surface area contributed by atoms with E-state index in [9.17, 15) is 18.3 Å². The van der Waals surface area contributed by atoms with Crippen LogP contribution >= 0.6 is 38.9 Å². The molecule has 1 N–H and O–H groups in total. The van der Waals surface area contributed by atoms with Crippen LogP contribution in [0.25, 0.3) is 0 Å². The van der Waals surface area contributed by atoms with Gasteiger partial charge in [-0.2, -0.15) is 13.2 Å². The zero-order valence-corrected chi connectivity index (χ0v) is 12.4. The summed E-state index contributed by atoms with van der Waals surface area (Å²) in [6.45, 7) is 0. The first-order valence-electron chi connectivity index (χ1n) is 5.09. The lowest BCUT2D eigenvalue weighted by atomic mass is 10.0. The van der Waals surface area contributed by atoms with Crippen LogP contribution in [0.5, 0.6) is 0 Å². The zero-order valence-electron chi connectivity index (χ0n) is 9.21. The van der Waals surface area contributed by atoms with Gasteiger partial charge in [-0.05, 0) is 33.6 Å². The summed E-state index contributed by atoms with van der Waals surface area (Å²) in [7, 11) is 0. The van der Waals surface area contributed by atoms with Crippen LogP contribution in [0.15, 0.2) is 34.1 Å². The van der Waals surface area contributed by atoms with Crippen LogP contribution in [-0.2, 0) is 6.18 Å². The Hall–Kier alpha value is -0.560. The van der Waals surface area contributed by atoms with Crippen molar-refractivity contribution in [2.24, 2.45) is 0 Å². The summed E-state index contributed by atoms with van der Waals surface area (Å²) >= 11 is 10.1. The van der Waals surface area contributed by atoms with E-state index in [2.05, 4.69) is 15.9 Å². The molecule has 0 aliphatic carbocycles. The van der Waals surface area contributed by atoms with Gasteiger partial charge in [-0.15, -0.1) is 11.3 Å². The average molecular weight is 372 g/mol. The maximum Gasteiger partial charge on any atom is 0.416 e. The molecule has 1 heterocycles. The van der Waals surface area contributed by atoms with Gasteiger partial charge >= 0.3 is 6.18 Å². The van der Waals surface area contributed by atoms with Crippen molar-refractivity contribution in [1.29, 1.82) is 0 Å². The summed E-state index contributed by atoms with van der Waals surface area (Å²) in [5.41, 5.74) is -1.02. The molecule has 1 aromatic carbocycles. The van der Waals surface area contributed by atoms with Crippen LogP contribution in [-0.4, -0.2) is 5.11 Å². The lowest BCUT2D eigenvalue weighted by Crippen LogP contribution is -2.12. The lowest BCUT2D eigenvalue weighted by Gasteiger charge is -2.16. The van der Waals surface area contributed by atoms with Gasteiger partial charge in [0.25, 0.3) is 0 Å². The lowest BCUT2D eigenvalue weighted by molar-refractivity contribution is -0.138. The first-order chi connectivity index (χ1) is 8.80. The number of alkyl halides is 3. The third-order valence-electron chi connectivity index (χ3n) is 2.49. The maximum absolute atomic E-state index is 12.9. The van der Waals surface area contributed by atoms with E-state index in [-0.39, 0.29) is 5.56 Å². The maximum atomic E-state index is 12.9. The minimum absolute atomic E-state index is 0.180. The van der Waals surface area contributed by atoms with Crippen molar-refractivity contribution in [2.45, 2.75) is 12.3 Å². The molecule has 1 unspecified atom stereocenters. The zero-order chi connectivity index (χ0) is 14.2. The van der Waals surface area contributed by atoms with Gasteiger partial charge in [0.2, 0.25) is 0 Å². The van der Waals surface area contributed by atoms with E-state index in [1.165, 1.54) is 24.3 Å². The number of rotatable bonds is 2. The number of thiophene rings is 1. The highest BCUT2D eigenvalue weighted by molar-refractivity contribution is 9.11. The molecule has 0 bridgehead atoms. The van der Waals surface area contributed by atoms with Crippen molar-refractivity contribution < 1.29 is 18.3 Å².